The molecule has 2 aromatic carbocycles. The van der Waals surface area contributed by atoms with Crippen molar-refractivity contribution in [2.45, 2.75) is 20.1 Å². The second-order valence-electron chi connectivity index (χ2n) is 5.72. The van der Waals surface area contributed by atoms with Crippen LogP contribution in [0.2, 0.25) is 5.15 Å². The molecule has 140 valence electrons. The minimum atomic E-state index is -3.00. The van der Waals surface area contributed by atoms with E-state index in [1.165, 1.54) is 22.9 Å². The van der Waals surface area contributed by atoms with Gasteiger partial charge in [-0.2, -0.15) is 13.9 Å². The first-order valence-electron chi connectivity index (χ1n) is 8.07. The third-order valence-corrected chi connectivity index (χ3v) is 4.20. The summed E-state index contributed by atoms with van der Waals surface area (Å²) in [6, 6.07) is 15.5. The van der Waals surface area contributed by atoms with Gasteiger partial charge in [0.25, 0.3) is 5.91 Å². The third-order valence-electron chi connectivity index (χ3n) is 3.82. The van der Waals surface area contributed by atoms with Crippen molar-refractivity contribution >= 4 is 23.2 Å². The number of amides is 1. The van der Waals surface area contributed by atoms with Gasteiger partial charge in [0.05, 0.1) is 23.5 Å². The Kier molecular flexibility index (Phi) is 5.71. The van der Waals surface area contributed by atoms with Crippen LogP contribution >= 0.6 is 11.6 Å². The number of halogens is 3. The topological polar surface area (TPSA) is 56.2 Å². The highest BCUT2D eigenvalue weighted by Gasteiger charge is 2.22. The molecule has 3 rings (SSSR count). The summed E-state index contributed by atoms with van der Waals surface area (Å²) in [7, 11) is 0. The molecule has 0 aliphatic carbocycles. The van der Waals surface area contributed by atoms with Crippen LogP contribution in [0.4, 0.5) is 14.5 Å². The van der Waals surface area contributed by atoms with Crippen LogP contribution in [0.25, 0.3) is 0 Å². The fraction of sp³-hybridized carbons (Fsp3) is 0.158. The normalized spacial score (nSPS) is 10.9. The molecule has 1 aromatic heterocycles. The largest absolute Gasteiger partial charge is 0.433 e. The number of ether oxygens (including phenoxy) is 1. The molecule has 0 aliphatic rings. The van der Waals surface area contributed by atoms with Gasteiger partial charge in [-0.25, -0.2) is 4.68 Å². The van der Waals surface area contributed by atoms with Gasteiger partial charge in [0, 0.05) is 0 Å². The lowest BCUT2D eigenvalue weighted by molar-refractivity contribution is -0.0493. The average Bonchev–Trinajstić information content (AvgIpc) is 2.90. The summed E-state index contributed by atoms with van der Waals surface area (Å²) < 4.78 is 31.0. The second kappa shape index (κ2) is 8.18. The lowest BCUT2D eigenvalue weighted by Gasteiger charge is -2.11. The van der Waals surface area contributed by atoms with Crippen molar-refractivity contribution in [1.29, 1.82) is 0 Å². The molecule has 0 atom stereocenters. The summed E-state index contributed by atoms with van der Waals surface area (Å²) in [6.45, 7) is -0.940. The Bertz CT molecular complexity index is 945. The van der Waals surface area contributed by atoms with E-state index in [9.17, 15) is 13.6 Å². The van der Waals surface area contributed by atoms with E-state index in [-0.39, 0.29) is 22.2 Å². The van der Waals surface area contributed by atoms with Crippen LogP contribution < -0.4 is 10.1 Å². The van der Waals surface area contributed by atoms with E-state index in [0.717, 1.165) is 5.56 Å². The van der Waals surface area contributed by atoms with Crippen LogP contribution in [0.3, 0.4) is 0 Å². The third kappa shape index (κ3) is 4.43. The van der Waals surface area contributed by atoms with Crippen LogP contribution in [0.1, 0.15) is 21.6 Å². The van der Waals surface area contributed by atoms with E-state index in [1.807, 2.05) is 30.3 Å². The van der Waals surface area contributed by atoms with Crippen molar-refractivity contribution in [1.82, 2.24) is 9.78 Å². The van der Waals surface area contributed by atoms with Gasteiger partial charge >= 0.3 is 6.61 Å². The minimum absolute atomic E-state index is 0.120. The van der Waals surface area contributed by atoms with Crippen molar-refractivity contribution < 1.29 is 18.3 Å². The number of nitrogens with one attached hydrogen (secondary N) is 1. The minimum Gasteiger partial charge on any atom is -0.433 e. The summed E-state index contributed by atoms with van der Waals surface area (Å²) in [5.41, 5.74) is 1.71. The maximum Gasteiger partial charge on any atom is 0.387 e. The van der Waals surface area contributed by atoms with Crippen molar-refractivity contribution in [3.63, 3.8) is 0 Å². The van der Waals surface area contributed by atoms with Crippen molar-refractivity contribution in [2.75, 3.05) is 5.32 Å². The van der Waals surface area contributed by atoms with Gasteiger partial charge in [-0.3, -0.25) is 4.79 Å². The molecule has 0 unspecified atom stereocenters. The zero-order chi connectivity index (χ0) is 19.4. The molecular weight excluding hydrogens is 376 g/mol. The van der Waals surface area contributed by atoms with Crippen LogP contribution in [0.15, 0.2) is 54.6 Å². The van der Waals surface area contributed by atoms with Crippen LogP contribution in [-0.2, 0) is 6.54 Å². The zero-order valence-corrected chi connectivity index (χ0v) is 15.1. The molecule has 27 heavy (non-hydrogen) atoms. The quantitative estimate of drug-likeness (QED) is 0.660. The van der Waals surface area contributed by atoms with Gasteiger partial charge in [0.1, 0.15) is 10.9 Å². The van der Waals surface area contributed by atoms with Gasteiger partial charge in [0.15, 0.2) is 0 Å². The number of carbonyl (C=O) groups excluding carboxylic acids is 1. The number of aryl methyl sites for hydroxylation is 1. The molecule has 0 radical (unpaired) electrons. The Morgan fingerprint density at radius 3 is 2.56 bits per heavy atom. The molecule has 5 nitrogen and oxygen atoms in total. The molecule has 0 bridgehead atoms. The smallest absolute Gasteiger partial charge is 0.387 e. The number of nitrogens with zero attached hydrogens (tertiary/aromatic N) is 2. The molecule has 0 aliphatic heterocycles. The summed E-state index contributed by atoms with van der Waals surface area (Å²) in [6.07, 6.45) is 0. The summed E-state index contributed by atoms with van der Waals surface area (Å²) >= 11 is 6.35. The molecule has 0 spiro atoms. The van der Waals surface area contributed by atoms with E-state index in [4.69, 9.17) is 11.6 Å². The van der Waals surface area contributed by atoms with Crippen LogP contribution in [-0.4, -0.2) is 22.3 Å². The number of aromatic nitrogens is 2. The predicted molar refractivity (Wildman–Crippen MR) is 98.5 cm³/mol. The van der Waals surface area contributed by atoms with Gasteiger partial charge in [-0.1, -0.05) is 54.1 Å². The van der Waals surface area contributed by atoms with Crippen molar-refractivity contribution in [3.8, 4) is 5.75 Å². The van der Waals surface area contributed by atoms with Crippen molar-refractivity contribution in [2.24, 2.45) is 0 Å². The first-order valence-corrected chi connectivity index (χ1v) is 8.45. The number of carbonyl (C=O) groups is 1. The van der Waals surface area contributed by atoms with E-state index < -0.39 is 12.5 Å². The van der Waals surface area contributed by atoms with E-state index in [0.29, 0.717) is 12.2 Å². The molecule has 8 heteroatoms. The van der Waals surface area contributed by atoms with Gasteiger partial charge in [0.2, 0.25) is 0 Å². The van der Waals surface area contributed by atoms with E-state index >= 15 is 0 Å². The van der Waals surface area contributed by atoms with Crippen molar-refractivity contribution in [3.05, 3.63) is 76.6 Å². The number of benzene rings is 2. The predicted octanol–water partition coefficient (Wildman–Crippen LogP) is 4.75. The van der Waals surface area contributed by atoms with Crippen LogP contribution in [0.5, 0.6) is 5.75 Å². The van der Waals surface area contributed by atoms with Gasteiger partial charge in [-0.15, -0.1) is 0 Å². The number of anilines is 1. The Morgan fingerprint density at radius 1 is 1.19 bits per heavy atom. The highest BCUT2D eigenvalue weighted by Crippen LogP contribution is 2.28. The molecule has 0 saturated carbocycles. The molecule has 0 fully saturated rings. The maximum atomic E-state index is 12.7. The highest BCUT2D eigenvalue weighted by molar-refractivity contribution is 6.33. The first kappa shape index (κ1) is 18.8. The Labute approximate surface area is 159 Å². The molecule has 0 saturated heterocycles. The van der Waals surface area contributed by atoms with E-state index in [2.05, 4.69) is 15.2 Å². The zero-order valence-electron chi connectivity index (χ0n) is 14.3. The van der Waals surface area contributed by atoms with E-state index in [1.54, 1.807) is 13.0 Å². The highest BCUT2D eigenvalue weighted by atomic mass is 35.5. The lowest BCUT2D eigenvalue weighted by atomic mass is 10.2. The fourth-order valence-corrected chi connectivity index (χ4v) is 2.95. The molecule has 1 N–H and O–H groups in total. The Hall–Kier alpha value is -2.93. The summed E-state index contributed by atoms with van der Waals surface area (Å²) in [4.78, 5) is 12.7. The number of alkyl halides is 2. The Balaban J connectivity index is 1.84. The number of rotatable bonds is 6. The molecule has 1 amide bonds. The number of hydrogen-bond donors (Lipinski definition) is 1. The Morgan fingerprint density at radius 2 is 1.85 bits per heavy atom. The average molecular weight is 392 g/mol. The monoisotopic (exact) mass is 391 g/mol. The molecule has 3 aromatic rings. The first-order chi connectivity index (χ1) is 13.0. The molecular formula is C19H16ClF2N3O2. The maximum absolute atomic E-state index is 12.7. The lowest BCUT2D eigenvalue weighted by Crippen LogP contribution is -2.15. The summed E-state index contributed by atoms with van der Waals surface area (Å²) in [5, 5.41) is 7.04. The van der Waals surface area contributed by atoms with Gasteiger partial charge < -0.3 is 10.1 Å². The van der Waals surface area contributed by atoms with Crippen LogP contribution in [0, 0.1) is 6.92 Å². The number of para-hydroxylation sites is 2. The van der Waals surface area contributed by atoms with Gasteiger partial charge in [-0.05, 0) is 24.6 Å². The second-order valence-corrected chi connectivity index (χ2v) is 6.08. The SMILES string of the molecule is Cc1nn(Cc2ccccc2)c(Cl)c1C(=O)Nc1ccccc1OC(F)F. The summed E-state index contributed by atoms with van der Waals surface area (Å²) in [5.74, 6) is -0.687. The number of hydrogen-bond acceptors (Lipinski definition) is 3. The standard InChI is InChI=1S/C19H16ClF2N3O2/c1-12-16(17(20)25(24-12)11-13-7-3-2-4-8-13)18(26)23-14-9-5-6-10-15(14)27-19(21)22/h2-10,19H,11H2,1H3,(H,23,26). The fourth-order valence-electron chi connectivity index (χ4n) is 2.63. The molecule has 1 heterocycles.